The molecular formula is C11H14N2O. The van der Waals surface area contributed by atoms with Crippen molar-refractivity contribution in [3.8, 4) is 0 Å². The van der Waals surface area contributed by atoms with Crippen LogP contribution in [-0.4, -0.2) is 19.9 Å². The van der Waals surface area contributed by atoms with Gasteiger partial charge in [-0.25, -0.2) is 0 Å². The van der Waals surface area contributed by atoms with Crippen molar-refractivity contribution in [2.24, 2.45) is 5.73 Å². The Hall–Kier alpha value is -1.35. The summed E-state index contributed by atoms with van der Waals surface area (Å²) in [7, 11) is 3.95. The summed E-state index contributed by atoms with van der Waals surface area (Å²) in [6, 6.07) is 5.72. The van der Waals surface area contributed by atoms with E-state index < -0.39 is 0 Å². The summed E-state index contributed by atoms with van der Waals surface area (Å²) in [4.78, 5) is 13.5. The summed E-state index contributed by atoms with van der Waals surface area (Å²) in [6.45, 7) is 0. The molecule has 2 rings (SSSR count). The van der Waals surface area contributed by atoms with E-state index in [9.17, 15) is 4.79 Å². The molecular weight excluding hydrogens is 176 g/mol. The highest BCUT2D eigenvalue weighted by Gasteiger charge is 2.26. The number of hydrogen-bond donors (Lipinski definition) is 1. The molecule has 2 N–H and O–H groups in total. The molecule has 0 saturated heterocycles. The van der Waals surface area contributed by atoms with Crippen molar-refractivity contribution < 1.29 is 4.79 Å². The normalized spacial score (nSPS) is 19.6. The highest BCUT2D eigenvalue weighted by Crippen LogP contribution is 2.31. The number of nitrogens with zero attached hydrogens (tertiary/aromatic N) is 1. The van der Waals surface area contributed by atoms with Gasteiger partial charge in [0.1, 0.15) is 0 Å². The zero-order chi connectivity index (χ0) is 10.3. The van der Waals surface area contributed by atoms with Crippen LogP contribution in [0, 0.1) is 0 Å². The molecule has 0 amide bonds. The Bertz CT molecular complexity index is 385. The van der Waals surface area contributed by atoms with E-state index in [2.05, 4.69) is 0 Å². The van der Waals surface area contributed by atoms with E-state index in [1.165, 1.54) is 0 Å². The molecule has 0 saturated carbocycles. The van der Waals surface area contributed by atoms with Gasteiger partial charge in [0, 0.05) is 37.8 Å². The molecule has 3 heteroatoms. The summed E-state index contributed by atoms with van der Waals surface area (Å²) in [6.07, 6.45) is 0.451. The SMILES string of the molecule is CN(C)c1ccc2c(c1)[C@H](N)CC2=O. The first-order chi connectivity index (χ1) is 6.59. The second-order valence-electron chi connectivity index (χ2n) is 3.90. The molecule has 14 heavy (non-hydrogen) atoms. The largest absolute Gasteiger partial charge is 0.378 e. The number of carbonyl (C=O) groups excluding carboxylic acids is 1. The van der Waals surface area contributed by atoms with Gasteiger partial charge in [0.15, 0.2) is 5.78 Å². The van der Waals surface area contributed by atoms with Gasteiger partial charge in [-0.05, 0) is 23.8 Å². The van der Waals surface area contributed by atoms with E-state index in [0.29, 0.717) is 6.42 Å². The average Bonchev–Trinajstić information content (AvgIpc) is 2.42. The van der Waals surface area contributed by atoms with Crippen molar-refractivity contribution in [2.75, 3.05) is 19.0 Å². The molecule has 1 aromatic carbocycles. The minimum atomic E-state index is -0.114. The summed E-state index contributed by atoms with van der Waals surface area (Å²) >= 11 is 0. The van der Waals surface area contributed by atoms with Crippen LogP contribution in [0.15, 0.2) is 18.2 Å². The number of hydrogen-bond acceptors (Lipinski definition) is 3. The Morgan fingerprint density at radius 3 is 2.79 bits per heavy atom. The van der Waals surface area contributed by atoms with Gasteiger partial charge in [-0.15, -0.1) is 0 Å². The van der Waals surface area contributed by atoms with Crippen LogP contribution >= 0.6 is 0 Å². The summed E-state index contributed by atoms with van der Waals surface area (Å²) in [5.41, 5.74) is 8.74. The highest BCUT2D eigenvalue weighted by atomic mass is 16.1. The van der Waals surface area contributed by atoms with Crippen molar-refractivity contribution in [3.63, 3.8) is 0 Å². The van der Waals surface area contributed by atoms with Crippen LogP contribution < -0.4 is 10.6 Å². The van der Waals surface area contributed by atoms with Crippen LogP contribution in [0.2, 0.25) is 0 Å². The Morgan fingerprint density at radius 2 is 2.14 bits per heavy atom. The maximum Gasteiger partial charge on any atom is 0.165 e. The average molecular weight is 190 g/mol. The minimum Gasteiger partial charge on any atom is -0.378 e. The van der Waals surface area contributed by atoms with Gasteiger partial charge in [0.25, 0.3) is 0 Å². The first-order valence-electron chi connectivity index (χ1n) is 4.69. The number of carbonyl (C=O) groups is 1. The summed E-state index contributed by atoms with van der Waals surface area (Å²) < 4.78 is 0. The quantitative estimate of drug-likeness (QED) is 0.727. The third-order valence-corrected chi connectivity index (χ3v) is 2.66. The van der Waals surface area contributed by atoms with Crippen LogP contribution in [0.3, 0.4) is 0 Å². The van der Waals surface area contributed by atoms with E-state index >= 15 is 0 Å². The molecule has 74 valence electrons. The maximum atomic E-state index is 11.5. The van der Waals surface area contributed by atoms with Crippen molar-refractivity contribution >= 4 is 11.5 Å². The third kappa shape index (κ3) is 1.30. The number of ketones is 1. The van der Waals surface area contributed by atoms with Gasteiger partial charge >= 0.3 is 0 Å². The zero-order valence-corrected chi connectivity index (χ0v) is 8.45. The maximum absolute atomic E-state index is 11.5. The zero-order valence-electron chi connectivity index (χ0n) is 8.45. The predicted molar refractivity (Wildman–Crippen MR) is 56.6 cm³/mol. The van der Waals surface area contributed by atoms with E-state index in [0.717, 1.165) is 16.8 Å². The number of benzene rings is 1. The number of Topliss-reactive ketones (excluding diaryl/α,β-unsaturated/α-hetero) is 1. The van der Waals surface area contributed by atoms with Crippen LogP contribution in [0.1, 0.15) is 28.4 Å². The second-order valence-corrected chi connectivity index (χ2v) is 3.90. The van der Waals surface area contributed by atoms with Crippen LogP contribution in [0.25, 0.3) is 0 Å². The Labute approximate surface area is 83.5 Å². The van der Waals surface area contributed by atoms with Crippen molar-refractivity contribution in [1.29, 1.82) is 0 Å². The second kappa shape index (κ2) is 3.10. The van der Waals surface area contributed by atoms with E-state index in [-0.39, 0.29) is 11.8 Å². The lowest BCUT2D eigenvalue weighted by molar-refractivity contribution is 0.0989. The molecule has 0 unspecified atom stereocenters. The summed E-state index contributed by atoms with van der Waals surface area (Å²) in [5, 5.41) is 0. The van der Waals surface area contributed by atoms with Crippen LogP contribution in [-0.2, 0) is 0 Å². The molecule has 1 aliphatic rings. The smallest absolute Gasteiger partial charge is 0.165 e. The standard InChI is InChI=1S/C11H14N2O/c1-13(2)7-3-4-8-9(5-7)10(12)6-11(8)14/h3-5,10H,6,12H2,1-2H3/t10-/m1/s1. The van der Waals surface area contributed by atoms with Gasteiger partial charge < -0.3 is 10.6 Å². The van der Waals surface area contributed by atoms with Gasteiger partial charge in [-0.3, -0.25) is 4.79 Å². The highest BCUT2D eigenvalue weighted by molar-refractivity contribution is 6.01. The molecule has 1 aromatic rings. The number of rotatable bonds is 1. The van der Waals surface area contributed by atoms with E-state index in [1.54, 1.807) is 0 Å². The van der Waals surface area contributed by atoms with Gasteiger partial charge in [0.2, 0.25) is 0 Å². The lowest BCUT2D eigenvalue weighted by Crippen LogP contribution is -2.10. The molecule has 0 aliphatic heterocycles. The molecule has 1 atom stereocenters. The van der Waals surface area contributed by atoms with Crippen LogP contribution in [0.5, 0.6) is 0 Å². The van der Waals surface area contributed by atoms with Crippen molar-refractivity contribution in [3.05, 3.63) is 29.3 Å². The monoisotopic (exact) mass is 190 g/mol. The molecule has 1 aliphatic carbocycles. The Balaban J connectivity index is 2.50. The molecule has 0 heterocycles. The predicted octanol–water partition coefficient (Wildman–Crippen LogP) is 1.34. The van der Waals surface area contributed by atoms with E-state index in [1.807, 2.05) is 37.2 Å². The van der Waals surface area contributed by atoms with Crippen LogP contribution in [0.4, 0.5) is 5.69 Å². The number of anilines is 1. The Kier molecular flexibility index (Phi) is 2.04. The lowest BCUT2D eigenvalue weighted by atomic mass is 10.1. The van der Waals surface area contributed by atoms with Crippen molar-refractivity contribution in [1.82, 2.24) is 0 Å². The summed E-state index contributed by atoms with van der Waals surface area (Å²) in [5.74, 6) is 0.165. The fourth-order valence-corrected chi connectivity index (χ4v) is 1.81. The van der Waals surface area contributed by atoms with Gasteiger partial charge in [-0.2, -0.15) is 0 Å². The molecule has 0 aromatic heterocycles. The fourth-order valence-electron chi connectivity index (χ4n) is 1.81. The molecule has 0 bridgehead atoms. The molecule has 3 nitrogen and oxygen atoms in total. The van der Waals surface area contributed by atoms with Crippen molar-refractivity contribution in [2.45, 2.75) is 12.5 Å². The Morgan fingerprint density at radius 1 is 1.43 bits per heavy atom. The fraction of sp³-hybridized carbons (Fsp3) is 0.364. The van der Waals surface area contributed by atoms with Gasteiger partial charge in [-0.1, -0.05) is 0 Å². The lowest BCUT2D eigenvalue weighted by Gasteiger charge is -2.14. The topological polar surface area (TPSA) is 46.3 Å². The first kappa shape index (κ1) is 9.21. The molecule has 0 spiro atoms. The number of nitrogens with two attached hydrogens (primary N) is 1. The molecule has 0 radical (unpaired) electrons. The third-order valence-electron chi connectivity index (χ3n) is 2.66. The van der Waals surface area contributed by atoms with Gasteiger partial charge in [0.05, 0.1) is 0 Å². The molecule has 0 fully saturated rings. The minimum absolute atomic E-state index is 0.114. The number of fused-ring (bicyclic) bond motifs is 1. The van der Waals surface area contributed by atoms with E-state index in [4.69, 9.17) is 5.73 Å². The first-order valence-corrected chi connectivity index (χ1v) is 4.69.